The zero-order valence-electron chi connectivity index (χ0n) is 22.5. The minimum absolute atomic E-state index is 0.122. The van der Waals surface area contributed by atoms with Gasteiger partial charge in [-0.3, -0.25) is 0 Å². The van der Waals surface area contributed by atoms with Crippen LogP contribution >= 0.6 is 0 Å². The van der Waals surface area contributed by atoms with E-state index < -0.39 is 0 Å². The lowest BCUT2D eigenvalue weighted by molar-refractivity contribution is 0.661. The Balaban J connectivity index is 1.31. The summed E-state index contributed by atoms with van der Waals surface area (Å²) in [7, 11) is 0. The number of benzene rings is 7. The average Bonchev–Trinajstić information content (AvgIpc) is 3.49. The monoisotopic (exact) mass is 510 g/mol. The third kappa shape index (κ3) is 2.77. The zero-order chi connectivity index (χ0) is 26.6. The molecule has 0 radical (unpaired) electrons. The number of rotatable bonds is 1. The minimum Gasteiger partial charge on any atom is -0.455 e. The average molecular weight is 511 g/mol. The Morgan fingerprint density at radius 2 is 1.00 bits per heavy atom. The van der Waals surface area contributed by atoms with Gasteiger partial charge in [0.15, 0.2) is 0 Å². The maximum Gasteiger partial charge on any atom is 0.143 e. The molecule has 1 heteroatoms. The van der Waals surface area contributed by atoms with Gasteiger partial charge in [0, 0.05) is 21.8 Å². The Morgan fingerprint density at radius 3 is 1.73 bits per heavy atom. The fourth-order valence-corrected chi connectivity index (χ4v) is 7.27. The summed E-state index contributed by atoms with van der Waals surface area (Å²) in [6.45, 7) is 4.75. The molecule has 0 atom stereocenters. The number of furan rings is 1. The van der Waals surface area contributed by atoms with Gasteiger partial charge in [0.05, 0.1) is 0 Å². The highest BCUT2D eigenvalue weighted by atomic mass is 16.3. The van der Waals surface area contributed by atoms with Gasteiger partial charge in [-0.15, -0.1) is 0 Å². The summed E-state index contributed by atoms with van der Waals surface area (Å²) in [6, 6.07) is 44.4. The molecular weight excluding hydrogens is 484 g/mol. The molecule has 0 N–H and O–H groups in total. The normalized spacial score (nSPS) is 13.9. The highest BCUT2D eigenvalue weighted by molar-refractivity contribution is 6.26. The van der Waals surface area contributed by atoms with E-state index in [4.69, 9.17) is 4.42 Å². The molecule has 0 aliphatic heterocycles. The van der Waals surface area contributed by atoms with Crippen molar-refractivity contribution in [3.8, 4) is 22.3 Å². The lowest BCUT2D eigenvalue weighted by atomic mass is 9.80. The predicted octanol–water partition coefficient (Wildman–Crippen LogP) is 11.0. The van der Waals surface area contributed by atoms with Crippen LogP contribution in [0.15, 0.2) is 126 Å². The summed E-state index contributed by atoms with van der Waals surface area (Å²) in [4.78, 5) is 0. The third-order valence-electron chi connectivity index (χ3n) is 9.25. The molecule has 0 spiro atoms. The van der Waals surface area contributed by atoms with Crippen LogP contribution in [0.5, 0.6) is 0 Å². The van der Waals surface area contributed by atoms with Crippen LogP contribution in [0, 0.1) is 0 Å². The molecular formula is C39H26O. The van der Waals surface area contributed by atoms with Crippen molar-refractivity contribution in [2.75, 3.05) is 0 Å². The molecule has 0 fully saturated rings. The highest BCUT2D eigenvalue weighted by Gasteiger charge is 2.36. The first-order valence-corrected chi connectivity index (χ1v) is 14.0. The second kappa shape index (κ2) is 7.61. The first kappa shape index (κ1) is 22.0. The molecule has 0 amide bonds. The molecule has 1 nitrogen and oxygen atoms in total. The number of hydrogen-bond acceptors (Lipinski definition) is 1. The molecule has 1 aromatic heterocycles. The van der Waals surface area contributed by atoms with Crippen LogP contribution in [0.2, 0.25) is 0 Å². The van der Waals surface area contributed by atoms with E-state index in [1.54, 1.807) is 0 Å². The van der Waals surface area contributed by atoms with E-state index in [0.29, 0.717) is 0 Å². The van der Waals surface area contributed by atoms with Crippen LogP contribution < -0.4 is 0 Å². The van der Waals surface area contributed by atoms with E-state index in [9.17, 15) is 0 Å². The number of fused-ring (bicyclic) bond motifs is 12. The molecule has 40 heavy (non-hydrogen) atoms. The summed E-state index contributed by atoms with van der Waals surface area (Å²) in [6.07, 6.45) is 0. The van der Waals surface area contributed by atoms with Gasteiger partial charge >= 0.3 is 0 Å². The number of para-hydroxylation sites is 2. The van der Waals surface area contributed by atoms with Gasteiger partial charge in [-0.2, -0.15) is 0 Å². The second-order valence-electron chi connectivity index (χ2n) is 11.7. The zero-order valence-corrected chi connectivity index (χ0v) is 22.5. The van der Waals surface area contributed by atoms with Gasteiger partial charge in [-0.25, -0.2) is 0 Å². The summed E-state index contributed by atoms with van der Waals surface area (Å²) < 4.78 is 6.41. The lowest BCUT2D eigenvalue weighted by Gasteiger charge is -2.23. The van der Waals surface area contributed by atoms with E-state index >= 15 is 0 Å². The molecule has 8 aromatic rings. The van der Waals surface area contributed by atoms with Crippen molar-refractivity contribution < 1.29 is 4.42 Å². The molecule has 1 heterocycles. The Labute approximate surface area is 232 Å². The maximum absolute atomic E-state index is 6.41. The van der Waals surface area contributed by atoms with Gasteiger partial charge in [0.2, 0.25) is 0 Å². The second-order valence-corrected chi connectivity index (χ2v) is 11.7. The predicted molar refractivity (Wildman–Crippen MR) is 169 cm³/mol. The molecule has 0 saturated carbocycles. The molecule has 9 rings (SSSR count). The summed E-state index contributed by atoms with van der Waals surface area (Å²) in [5.74, 6) is 0. The Hall–Kier alpha value is -4.88. The maximum atomic E-state index is 6.41. The molecule has 0 saturated heterocycles. The van der Waals surface area contributed by atoms with E-state index in [1.165, 1.54) is 70.9 Å². The van der Waals surface area contributed by atoms with E-state index in [0.717, 1.165) is 16.7 Å². The van der Waals surface area contributed by atoms with Gasteiger partial charge in [-0.1, -0.05) is 111 Å². The van der Waals surface area contributed by atoms with Crippen LogP contribution in [-0.4, -0.2) is 0 Å². The van der Waals surface area contributed by atoms with Crippen molar-refractivity contribution in [3.05, 3.63) is 132 Å². The third-order valence-corrected chi connectivity index (χ3v) is 9.25. The van der Waals surface area contributed by atoms with Crippen molar-refractivity contribution in [1.82, 2.24) is 0 Å². The van der Waals surface area contributed by atoms with Crippen molar-refractivity contribution >= 4 is 54.3 Å². The van der Waals surface area contributed by atoms with E-state index in [1.807, 2.05) is 6.07 Å². The van der Waals surface area contributed by atoms with Crippen LogP contribution in [0.1, 0.15) is 25.0 Å². The van der Waals surface area contributed by atoms with Crippen LogP contribution in [0.3, 0.4) is 0 Å². The summed E-state index contributed by atoms with van der Waals surface area (Å²) in [5.41, 5.74) is 9.57. The fourth-order valence-electron chi connectivity index (χ4n) is 7.27. The van der Waals surface area contributed by atoms with Crippen molar-refractivity contribution in [2.24, 2.45) is 0 Å². The van der Waals surface area contributed by atoms with Gasteiger partial charge in [0.25, 0.3) is 0 Å². The molecule has 1 aliphatic rings. The Morgan fingerprint density at radius 1 is 0.425 bits per heavy atom. The van der Waals surface area contributed by atoms with Crippen LogP contribution in [0.25, 0.3) is 76.5 Å². The van der Waals surface area contributed by atoms with Gasteiger partial charge < -0.3 is 4.42 Å². The summed E-state index contributed by atoms with van der Waals surface area (Å²) in [5, 5.41) is 10.3. The molecule has 188 valence electrons. The van der Waals surface area contributed by atoms with E-state index in [2.05, 4.69) is 129 Å². The fraction of sp³-hybridized carbons (Fsp3) is 0.0769. The molecule has 1 aliphatic carbocycles. The van der Waals surface area contributed by atoms with E-state index in [-0.39, 0.29) is 5.41 Å². The standard InChI is InChI=1S/C39H26O/c1-39(2)35-20-23(24-15-9-16-31-30-14-7-8-17-37(30)40-38(24)31)18-19-29(35)34-21-32-27-12-5-3-10-25(27)26-11-4-6-13-28(26)33(32)22-36(34)39/h3-22H,1-2H3. The summed E-state index contributed by atoms with van der Waals surface area (Å²) >= 11 is 0. The van der Waals surface area contributed by atoms with Gasteiger partial charge in [-0.05, 0) is 84.4 Å². The topological polar surface area (TPSA) is 13.1 Å². The quantitative estimate of drug-likeness (QED) is 0.200. The van der Waals surface area contributed by atoms with Crippen LogP contribution in [0.4, 0.5) is 0 Å². The van der Waals surface area contributed by atoms with Crippen molar-refractivity contribution in [1.29, 1.82) is 0 Å². The molecule has 7 aromatic carbocycles. The largest absolute Gasteiger partial charge is 0.455 e. The van der Waals surface area contributed by atoms with Crippen molar-refractivity contribution in [3.63, 3.8) is 0 Å². The SMILES string of the molecule is CC1(C)c2cc(-c3cccc4c3oc3ccccc34)ccc2-c2cc3c4ccccc4c4ccccc4c3cc21. The minimum atomic E-state index is -0.122. The Kier molecular flexibility index (Phi) is 4.18. The molecule has 0 unspecified atom stereocenters. The van der Waals surface area contributed by atoms with Crippen LogP contribution in [-0.2, 0) is 5.41 Å². The first-order chi connectivity index (χ1) is 19.6. The van der Waals surface area contributed by atoms with Crippen molar-refractivity contribution in [2.45, 2.75) is 19.3 Å². The first-order valence-electron chi connectivity index (χ1n) is 14.0. The lowest BCUT2D eigenvalue weighted by Crippen LogP contribution is -2.15. The number of hydrogen-bond donors (Lipinski definition) is 0. The Bertz CT molecular complexity index is 2350. The van der Waals surface area contributed by atoms with Gasteiger partial charge in [0.1, 0.15) is 11.2 Å². The molecule has 0 bridgehead atoms. The smallest absolute Gasteiger partial charge is 0.143 e. The highest BCUT2D eigenvalue weighted by Crippen LogP contribution is 2.52.